The lowest BCUT2D eigenvalue weighted by Crippen LogP contribution is -2.55. The molecular weight excluding hydrogens is 224 g/mol. The van der Waals surface area contributed by atoms with Gasteiger partial charge in [0.1, 0.15) is 0 Å². The number of carbonyl (C=O) groups is 1. The zero-order chi connectivity index (χ0) is 13.9. The molecule has 3 heteroatoms. The van der Waals surface area contributed by atoms with Gasteiger partial charge in [-0.1, -0.05) is 31.5 Å². The molecule has 0 saturated carbocycles. The predicted octanol–water partition coefficient (Wildman–Crippen LogP) is 2.41. The van der Waals surface area contributed by atoms with Crippen LogP contribution in [0.3, 0.4) is 0 Å². The zero-order valence-corrected chi connectivity index (χ0v) is 12.0. The molecule has 3 nitrogen and oxygen atoms in total. The number of hydrogen-bond acceptors (Lipinski definition) is 2. The Labute approximate surface area is 110 Å². The van der Waals surface area contributed by atoms with Crippen LogP contribution in [-0.4, -0.2) is 18.0 Å². The van der Waals surface area contributed by atoms with Crippen molar-refractivity contribution in [1.29, 1.82) is 0 Å². The van der Waals surface area contributed by atoms with Gasteiger partial charge in [-0.2, -0.15) is 0 Å². The van der Waals surface area contributed by atoms with E-state index in [0.717, 1.165) is 16.7 Å². The standard InChI is InChI=1S/C15H24N2O/c1-10(2)15(5,9-16)17-14(18)13-7-6-11(3)8-12(13)4/h6-8,10H,9,16H2,1-5H3,(H,17,18). The van der Waals surface area contributed by atoms with E-state index in [-0.39, 0.29) is 17.4 Å². The topological polar surface area (TPSA) is 55.1 Å². The fourth-order valence-corrected chi connectivity index (χ4v) is 1.83. The molecule has 0 aromatic heterocycles. The van der Waals surface area contributed by atoms with Gasteiger partial charge in [-0.25, -0.2) is 0 Å². The molecule has 3 N–H and O–H groups in total. The first-order chi connectivity index (χ1) is 8.30. The van der Waals surface area contributed by atoms with Crippen molar-refractivity contribution in [1.82, 2.24) is 5.32 Å². The molecule has 100 valence electrons. The minimum atomic E-state index is -0.367. The third-order valence-electron chi connectivity index (χ3n) is 3.72. The van der Waals surface area contributed by atoms with E-state index in [1.807, 2.05) is 39.0 Å². The highest BCUT2D eigenvalue weighted by atomic mass is 16.1. The molecule has 0 bridgehead atoms. The molecular formula is C15H24N2O. The van der Waals surface area contributed by atoms with E-state index in [4.69, 9.17) is 5.73 Å². The average molecular weight is 248 g/mol. The number of nitrogens with one attached hydrogen (secondary N) is 1. The van der Waals surface area contributed by atoms with Gasteiger partial charge in [-0.15, -0.1) is 0 Å². The van der Waals surface area contributed by atoms with Crippen LogP contribution >= 0.6 is 0 Å². The Morgan fingerprint density at radius 1 is 1.39 bits per heavy atom. The fourth-order valence-electron chi connectivity index (χ4n) is 1.83. The summed E-state index contributed by atoms with van der Waals surface area (Å²) in [7, 11) is 0. The highest BCUT2D eigenvalue weighted by Gasteiger charge is 2.29. The van der Waals surface area contributed by atoms with Crippen molar-refractivity contribution >= 4 is 5.91 Å². The monoisotopic (exact) mass is 248 g/mol. The minimum Gasteiger partial charge on any atom is -0.345 e. The summed E-state index contributed by atoms with van der Waals surface area (Å²) in [6.45, 7) is 10.5. The molecule has 0 fully saturated rings. The average Bonchev–Trinajstić information content (AvgIpc) is 2.28. The molecule has 1 atom stereocenters. The third kappa shape index (κ3) is 3.10. The Kier molecular flexibility index (Phi) is 4.52. The Balaban J connectivity index is 2.95. The molecule has 0 saturated heterocycles. The Morgan fingerprint density at radius 3 is 2.44 bits per heavy atom. The molecule has 0 aliphatic heterocycles. The lowest BCUT2D eigenvalue weighted by Gasteiger charge is -2.33. The maximum atomic E-state index is 12.3. The van der Waals surface area contributed by atoms with Crippen LogP contribution in [0, 0.1) is 19.8 Å². The van der Waals surface area contributed by atoms with Crippen molar-refractivity contribution in [3.63, 3.8) is 0 Å². The molecule has 0 heterocycles. The largest absolute Gasteiger partial charge is 0.345 e. The molecule has 1 amide bonds. The summed E-state index contributed by atoms with van der Waals surface area (Å²) in [5, 5.41) is 3.06. The Bertz CT molecular complexity index is 440. The lowest BCUT2D eigenvalue weighted by atomic mass is 9.88. The molecule has 0 aliphatic rings. The molecule has 18 heavy (non-hydrogen) atoms. The van der Waals surface area contributed by atoms with Gasteiger partial charge < -0.3 is 11.1 Å². The van der Waals surface area contributed by atoms with Crippen LogP contribution < -0.4 is 11.1 Å². The van der Waals surface area contributed by atoms with E-state index < -0.39 is 0 Å². The highest BCUT2D eigenvalue weighted by molar-refractivity contribution is 5.96. The van der Waals surface area contributed by atoms with Gasteiger partial charge in [0.25, 0.3) is 5.91 Å². The van der Waals surface area contributed by atoms with E-state index in [1.165, 1.54) is 0 Å². The van der Waals surface area contributed by atoms with E-state index in [9.17, 15) is 4.79 Å². The summed E-state index contributed by atoms with van der Waals surface area (Å²) < 4.78 is 0. The molecule has 1 unspecified atom stereocenters. The maximum absolute atomic E-state index is 12.3. The number of carbonyl (C=O) groups excluding carboxylic acids is 1. The van der Waals surface area contributed by atoms with Crippen molar-refractivity contribution in [2.24, 2.45) is 11.7 Å². The number of rotatable bonds is 4. The van der Waals surface area contributed by atoms with Crippen LogP contribution in [0.25, 0.3) is 0 Å². The van der Waals surface area contributed by atoms with Gasteiger partial charge >= 0.3 is 0 Å². The van der Waals surface area contributed by atoms with Crippen LogP contribution in [0.4, 0.5) is 0 Å². The lowest BCUT2D eigenvalue weighted by molar-refractivity contribution is 0.0882. The number of hydrogen-bond donors (Lipinski definition) is 2. The van der Waals surface area contributed by atoms with Crippen LogP contribution in [0.2, 0.25) is 0 Å². The van der Waals surface area contributed by atoms with Crippen molar-refractivity contribution in [3.05, 3.63) is 34.9 Å². The van der Waals surface area contributed by atoms with Gasteiger partial charge in [0, 0.05) is 12.1 Å². The van der Waals surface area contributed by atoms with Gasteiger partial charge in [0.05, 0.1) is 5.54 Å². The second-order valence-electron chi connectivity index (χ2n) is 5.55. The number of benzene rings is 1. The smallest absolute Gasteiger partial charge is 0.252 e. The van der Waals surface area contributed by atoms with Crippen LogP contribution in [0.5, 0.6) is 0 Å². The SMILES string of the molecule is Cc1ccc(C(=O)NC(C)(CN)C(C)C)c(C)c1. The minimum absolute atomic E-state index is 0.0471. The highest BCUT2D eigenvalue weighted by Crippen LogP contribution is 2.17. The third-order valence-corrected chi connectivity index (χ3v) is 3.72. The van der Waals surface area contributed by atoms with Crippen LogP contribution in [0.15, 0.2) is 18.2 Å². The fraction of sp³-hybridized carbons (Fsp3) is 0.533. The number of amides is 1. The molecule has 1 rings (SSSR count). The molecule has 1 aromatic rings. The molecule has 0 spiro atoms. The summed E-state index contributed by atoms with van der Waals surface area (Å²) in [4.78, 5) is 12.3. The first kappa shape index (κ1) is 14.7. The normalized spacial score (nSPS) is 14.4. The van der Waals surface area contributed by atoms with E-state index in [2.05, 4.69) is 19.2 Å². The second kappa shape index (κ2) is 5.53. The quantitative estimate of drug-likeness (QED) is 0.859. The number of nitrogens with two attached hydrogens (primary N) is 1. The van der Waals surface area contributed by atoms with Crippen molar-refractivity contribution in [2.75, 3.05) is 6.54 Å². The molecule has 1 aromatic carbocycles. The molecule has 0 radical (unpaired) electrons. The summed E-state index contributed by atoms with van der Waals surface area (Å²) >= 11 is 0. The Hall–Kier alpha value is -1.35. The van der Waals surface area contributed by atoms with E-state index in [1.54, 1.807) is 0 Å². The van der Waals surface area contributed by atoms with Gasteiger partial charge in [-0.3, -0.25) is 4.79 Å². The zero-order valence-electron chi connectivity index (χ0n) is 12.0. The number of aryl methyl sites for hydroxylation is 2. The second-order valence-corrected chi connectivity index (χ2v) is 5.55. The van der Waals surface area contributed by atoms with Crippen molar-refractivity contribution in [2.45, 2.75) is 40.2 Å². The Morgan fingerprint density at radius 2 is 2.00 bits per heavy atom. The first-order valence-electron chi connectivity index (χ1n) is 6.40. The summed E-state index contributed by atoms with van der Waals surface area (Å²) in [5.74, 6) is 0.242. The van der Waals surface area contributed by atoms with E-state index >= 15 is 0 Å². The van der Waals surface area contributed by atoms with Crippen LogP contribution in [-0.2, 0) is 0 Å². The van der Waals surface area contributed by atoms with Crippen molar-refractivity contribution in [3.8, 4) is 0 Å². The predicted molar refractivity (Wildman–Crippen MR) is 75.7 cm³/mol. The molecule has 0 aliphatic carbocycles. The summed E-state index contributed by atoms with van der Waals surface area (Å²) in [5.41, 5.74) is 8.30. The van der Waals surface area contributed by atoms with Gasteiger partial charge in [0.2, 0.25) is 0 Å². The van der Waals surface area contributed by atoms with Gasteiger partial charge in [0.15, 0.2) is 0 Å². The van der Waals surface area contributed by atoms with Crippen LogP contribution in [0.1, 0.15) is 42.3 Å². The summed E-state index contributed by atoms with van der Waals surface area (Å²) in [6.07, 6.45) is 0. The van der Waals surface area contributed by atoms with Gasteiger partial charge in [-0.05, 0) is 38.3 Å². The summed E-state index contributed by atoms with van der Waals surface area (Å²) in [6, 6.07) is 5.85. The van der Waals surface area contributed by atoms with Crippen molar-refractivity contribution < 1.29 is 4.79 Å². The maximum Gasteiger partial charge on any atom is 0.252 e. The van der Waals surface area contributed by atoms with E-state index in [0.29, 0.717) is 6.54 Å². The first-order valence-corrected chi connectivity index (χ1v) is 6.40.